The maximum absolute atomic E-state index is 13.0. The number of benzene rings is 2. The van der Waals surface area contributed by atoms with Crippen molar-refractivity contribution in [3.8, 4) is 0 Å². The number of amides is 4. The van der Waals surface area contributed by atoms with Crippen LogP contribution in [0.2, 0.25) is 0 Å². The molecule has 1 atom stereocenters. The van der Waals surface area contributed by atoms with Crippen LogP contribution in [0.25, 0.3) is 0 Å². The number of imide groups is 1. The molecule has 1 fully saturated rings. The fourth-order valence-electron chi connectivity index (χ4n) is 4.01. The molecule has 4 rings (SSSR count). The first-order chi connectivity index (χ1) is 13.5. The van der Waals surface area contributed by atoms with Gasteiger partial charge in [0, 0.05) is 12.1 Å². The second kappa shape index (κ2) is 7.11. The molecule has 1 saturated heterocycles. The van der Waals surface area contributed by atoms with Gasteiger partial charge in [0.15, 0.2) is 0 Å². The Hall–Kier alpha value is -3.15. The average molecular weight is 377 g/mol. The minimum atomic E-state index is -0.936. The van der Waals surface area contributed by atoms with Crippen LogP contribution >= 0.6 is 0 Å². The van der Waals surface area contributed by atoms with Gasteiger partial charge in [-0.25, -0.2) is 4.79 Å². The number of fused-ring (bicyclic) bond motifs is 1. The lowest BCUT2D eigenvalue weighted by molar-refractivity contribution is -0.134. The summed E-state index contributed by atoms with van der Waals surface area (Å²) in [6.45, 7) is 1.77. The highest BCUT2D eigenvalue weighted by molar-refractivity contribution is 6.10. The summed E-state index contributed by atoms with van der Waals surface area (Å²) in [6.07, 6.45) is 2.66. The van der Waals surface area contributed by atoms with Gasteiger partial charge in [0.05, 0.1) is 0 Å². The second-order valence-electron chi connectivity index (χ2n) is 7.45. The zero-order chi connectivity index (χ0) is 19.7. The number of aryl methyl sites for hydroxylation is 2. The van der Waals surface area contributed by atoms with Crippen molar-refractivity contribution in [3.05, 3.63) is 65.2 Å². The highest BCUT2D eigenvalue weighted by atomic mass is 16.2. The van der Waals surface area contributed by atoms with Crippen molar-refractivity contribution in [2.75, 3.05) is 11.9 Å². The first-order valence-corrected chi connectivity index (χ1v) is 9.60. The van der Waals surface area contributed by atoms with E-state index in [-0.39, 0.29) is 18.4 Å². The van der Waals surface area contributed by atoms with Gasteiger partial charge >= 0.3 is 6.03 Å². The van der Waals surface area contributed by atoms with E-state index in [0.29, 0.717) is 18.5 Å². The Morgan fingerprint density at radius 1 is 1.11 bits per heavy atom. The molecule has 1 heterocycles. The summed E-state index contributed by atoms with van der Waals surface area (Å²) in [4.78, 5) is 38.9. The lowest BCUT2D eigenvalue weighted by Gasteiger charge is -2.32. The molecule has 1 aliphatic carbocycles. The van der Waals surface area contributed by atoms with E-state index in [1.54, 1.807) is 0 Å². The molecule has 1 unspecified atom stereocenters. The third-order valence-corrected chi connectivity index (χ3v) is 5.63. The van der Waals surface area contributed by atoms with Crippen LogP contribution in [0, 0.1) is 0 Å². The van der Waals surface area contributed by atoms with Crippen LogP contribution in [0.5, 0.6) is 0 Å². The maximum atomic E-state index is 13.0. The molecule has 1 spiro atoms. The van der Waals surface area contributed by atoms with E-state index in [1.807, 2.05) is 42.5 Å². The summed E-state index contributed by atoms with van der Waals surface area (Å²) in [7, 11) is 0. The fraction of sp³-hybridized carbons (Fsp3) is 0.318. The Kier molecular flexibility index (Phi) is 4.63. The Bertz CT molecular complexity index is 938. The first-order valence-electron chi connectivity index (χ1n) is 9.60. The van der Waals surface area contributed by atoms with Crippen molar-refractivity contribution in [2.24, 2.45) is 0 Å². The topological polar surface area (TPSA) is 78.5 Å². The van der Waals surface area contributed by atoms with Crippen LogP contribution in [0.3, 0.4) is 0 Å². The van der Waals surface area contributed by atoms with Crippen LogP contribution in [-0.4, -0.2) is 34.8 Å². The van der Waals surface area contributed by atoms with Gasteiger partial charge in [-0.2, -0.15) is 0 Å². The lowest BCUT2D eigenvalue weighted by Crippen LogP contribution is -2.51. The van der Waals surface area contributed by atoms with Crippen LogP contribution in [0.15, 0.2) is 48.5 Å². The van der Waals surface area contributed by atoms with E-state index >= 15 is 0 Å². The summed E-state index contributed by atoms with van der Waals surface area (Å²) in [5, 5.41) is 5.61. The molecule has 2 aliphatic rings. The van der Waals surface area contributed by atoms with Crippen LogP contribution in [0.1, 0.15) is 30.0 Å². The number of carbonyl (C=O) groups is 3. The Morgan fingerprint density at radius 2 is 1.82 bits per heavy atom. The molecule has 28 heavy (non-hydrogen) atoms. The van der Waals surface area contributed by atoms with Crippen molar-refractivity contribution >= 4 is 23.5 Å². The normalized spacial score (nSPS) is 20.8. The quantitative estimate of drug-likeness (QED) is 0.804. The van der Waals surface area contributed by atoms with E-state index in [4.69, 9.17) is 0 Å². The summed E-state index contributed by atoms with van der Waals surface area (Å²) < 4.78 is 0. The van der Waals surface area contributed by atoms with Gasteiger partial charge in [-0.15, -0.1) is 0 Å². The van der Waals surface area contributed by atoms with Gasteiger partial charge in [-0.05, 0) is 48.1 Å². The van der Waals surface area contributed by atoms with Gasteiger partial charge in [0.2, 0.25) is 5.91 Å². The molecular weight excluding hydrogens is 354 g/mol. The zero-order valence-corrected chi connectivity index (χ0v) is 15.8. The SMILES string of the molecule is CCc1ccc(NC(=O)CN2C(=O)NC3(CCc4ccccc4C3)C2=O)cc1. The van der Waals surface area contributed by atoms with Crippen LogP contribution < -0.4 is 10.6 Å². The summed E-state index contributed by atoms with van der Waals surface area (Å²) >= 11 is 0. The van der Waals surface area contributed by atoms with Gasteiger partial charge < -0.3 is 10.6 Å². The molecule has 4 amide bonds. The Morgan fingerprint density at radius 3 is 2.54 bits per heavy atom. The number of urea groups is 1. The largest absolute Gasteiger partial charge is 0.325 e. The maximum Gasteiger partial charge on any atom is 0.325 e. The van der Waals surface area contributed by atoms with E-state index in [2.05, 4.69) is 23.6 Å². The minimum Gasteiger partial charge on any atom is -0.325 e. The fourth-order valence-corrected chi connectivity index (χ4v) is 4.01. The molecule has 2 N–H and O–H groups in total. The predicted octanol–water partition coefficient (Wildman–Crippen LogP) is 2.67. The van der Waals surface area contributed by atoms with E-state index in [9.17, 15) is 14.4 Å². The highest BCUT2D eigenvalue weighted by Crippen LogP contribution is 2.33. The van der Waals surface area contributed by atoms with Gasteiger partial charge in [-0.3, -0.25) is 14.5 Å². The number of rotatable bonds is 4. The Balaban J connectivity index is 1.45. The number of hydrogen-bond donors (Lipinski definition) is 2. The molecule has 0 bridgehead atoms. The number of hydrogen-bond acceptors (Lipinski definition) is 3. The number of nitrogens with zero attached hydrogens (tertiary/aromatic N) is 1. The highest BCUT2D eigenvalue weighted by Gasteiger charge is 2.52. The van der Waals surface area contributed by atoms with Crippen molar-refractivity contribution in [1.82, 2.24) is 10.2 Å². The molecule has 0 saturated carbocycles. The summed E-state index contributed by atoms with van der Waals surface area (Å²) in [6, 6.07) is 15.0. The minimum absolute atomic E-state index is 0.288. The second-order valence-corrected chi connectivity index (χ2v) is 7.45. The van der Waals surface area contributed by atoms with Gasteiger partial charge in [0.1, 0.15) is 12.1 Å². The smallest absolute Gasteiger partial charge is 0.325 e. The molecule has 6 heteroatoms. The van der Waals surface area contributed by atoms with Crippen molar-refractivity contribution in [3.63, 3.8) is 0 Å². The summed E-state index contributed by atoms with van der Waals surface area (Å²) in [5.41, 5.74) is 3.17. The number of nitrogens with one attached hydrogen (secondary N) is 2. The molecule has 2 aromatic rings. The van der Waals surface area contributed by atoms with Crippen LogP contribution in [0.4, 0.5) is 10.5 Å². The van der Waals surface area contributed by atoms with Crippen molar-refractivity contribution in [2.45, 2.75) is 38.1 Å². The molecule has 6 nitrogen and oxygen atoms in total. The van der Waals surface area contributed by atoms with Crippen molar-refractivity contribution < 1.29 is 14.4 Å². The van der Waals surface area contributed by atoms with E-state index in [1.165, 1.54) is 11.1 Å². The lowest BCUT2D eigenvalue weighted by atomic mass is 9.78. The molecular formula is C22H23N3O3. The standard InChI is InChI=1S/C22H23N3O3/c1-2-15-7-9-18(10-8-15)23-19(26)14-25-20(27)22(24-21(25)28)12-11-16-5-3-4-6-17(16)13-22/h3-10H,2,11-14H2,1H3,(H,23,26)(H,24,28). The number of carbonyl (C=O) groups excluding carboxylic acids is 3. The molecule has 2 aromatic carbocycles. The van der Waals surface area contributed by atoms with Gasteiger partial charge in [0.25, 0.3) is 5.91 Å². The summed E-state index contributed by atoms with van der Waals surface area (Å²) in [5.74, 6) is -0.704. The Labute approximate surface area is 163 Å². The van der Waals surface area contributed by atoms with Gasteiger partial charge in [-0.1, -0.05) is 43.3 Å². The molecule has 0 aromatic heterocycles. The molecule has 1 aliphatic heterocycles. The third kappa shape index (κ3) is 3.26. The third-order valence-electron chi connectivity index (χ3n) is 5.63. The van der Waals surface area contributed by atoms with E-state index in [0.717, 1.165) is 23.3 Å². The average Bonchev–Trinajstić information content (AvgIpc) is 2.92. The zero-order valence-electron chi connectivity index (χ0n) is 15.8. The monoisotopic (exact) mass is 377 g/mol. The number of anilines is 1. The van der Waals surface area contributed by atoms with Crippen molar-refractivity contribution in [1.29, 1.82) is 0 Å². The molecule has 144 valence electrons. The predicted molar refractivity (Wildman–Crippen MR) is 106 cm³/mol. The van der Waals surface area contributed by atoms with E-state index < -0.39 is 11.6 Å². The molecule has 0 radical (unpaired) electrons. The van der Waals surface area contributed by atoms with Crippen LogP contribution in [-0.2, 0) is 28.9 Å². The first kappa shape index (κ1) is 18.2.